The smallest absolute Gasteiger partial charge is 0.178 e. The molecule has 1 rings (SSSR count). The molecule has 1 aromatic rings. The van der Waals surface area contributed by atoms with Gasteiger partial charge in [-0.25, -0.2) is 0 Å². The first kappa shape index (κ1) is 11.8. The molecule has 15 heavy (non-hydrogen) atoms. The number of carbonyl (C=O) groups excluding carboxylic acids is 1. The van der Waals surface area contributed by atoms with E-state index < -0.39 is 0 Å². The van der Waals surface area contributed by atoms with E-state index in [-0.39, 0.29) is 27.8 Å². The van der Waals surface area contributed by atoms with Crippen molar-refractivity contribution in [1.82, 2.24) is 0 Å². The number of benzene rings is 1. The van der Waals surface area contributed by atoms with E-state index in [1.807, 2.05) is 0 Å². The van der Waals surface area contributed by atoms with Crippen molar-refractivity contribution >= 4 is 29.0 Å². The van der Waals surface area contributed by atoms with Gasteiger partial charge in [0.05, 0.1) is 24.6 Å². The number of hydrogen-bond donors (Lipinski definition) is 0. The molecule has 78 valence electrons. The second-order valence-corrected chi connectivity index (χ2v) is 3.46. The van der Waals surface area contributed by atoms with Crippen molar-refractivity contribution in [2.24, 2.45) is 0 Å². The quantitative estimate of drug-likeness (QED) is 0.767. The molecule has 0 atom stereocenters. The Morgan fingerprint density at radius 1 is 1.47 bits per heavy atom. The maximum atomic E-state index is 11.4. The third-order valence-electron chi connectivity index (χ3n) is 1.81. The number of methoxy groups -OCH3 is 1. The lowest BCUT2D eigenvalue weighted by Crippen LogP contribution is -1.99. The zero-order chi connectivity index (χ0) is 11.4. The summed E-state index contributed by atoms with van der Waals surface area (Å²) in [4.78, 5) is 11.4. The summed E-state index contributed by atoms with van der Waals surface area (Å²) < 4.78 is 4.93. The zero-order valence-corrected chi connectivity index (χ0v) is 9.39. The minimum absolute atomic E-state index is 0.122. The maximum absolute atomic E-state index is 11.4. The van der Waals surface area contributed by atoms with Crippen LogP contribution in [-0.4, -0.2) is 12.9 Å². The summed E-state index contributed by atoms with van der Waals surface area (Å²) in [6, 6.07) is 4.79. The topological polar surface area (TPSA) is 50.1 Å². The van der Waals surface area contributed by atoms with Gasteiger partial charge in [-0.15, -0.1) is 0 Å². The number of ether oxygens (including phenoxy) is 1. The molecule has 5 heteroatoms. The minimum Gasteiger partial charge on any atom is -0.495 e. The molecule has 0 saturated carbocycles. The molecule has 0 aromatic heterocycles. The normalized spacial score (nSPS) is 9.47. The zero-order valence-electron chi connectivity index (χ0n) is 7.88. The van der Waals surface area contributed by atoms with Crippen molar-refractivity contribution in [3.05, 3.63) is 27.7 Å². The fourth-order valence-corrected chi connectivity index (χ4v) is 1.58. The van der Waals surface area contributed by atoms with Crippen LogP contribution in [0.1, 0.15) is 16.8 Å². The summed E-state index contributed by atoms with van der Waals surface area (Å²) in [7, 11) is 1.45. The lowest BCUT2D eigenvalue weighted by molar-refractivity contribution is 0.0998. The van der Waals surface area contributed by atoms with Gasteiger partial charge in [-0.1, -0.05) is 23.2 Å². The SMILES string of the molecule is COc1ccc(C(=O)CC#N)c(Cl)c1Cl. The molecule has 0 heterocycles. The average molecular weight is 244 g/mol. The largest absolute Gasteiger partial charge is 0.495 e. The fraction of sp³-hybridized carbons (Fsp3) is 0.200. The van der Waals surface area contributed by atoms with Crippen LogP contribution in [0.25, 0.3) is 0 Å². The van der Waals surface area contributed by atoms with E-state index in [0.717, 1.165) is 0 Å². The number of halogens is 2. The lowest BCUT2D eigenvalue weighted by Gasteiger charge is -2.07. The van der Waals surface area contributed by atoms with Gasteiger partial charge in [-0.2, -0.15) is 5.26 Å². The van der Waals surface area contributed by atoms with Crippen LogP contribution >= 0.6 is 23.2 Å². The van der Waals surface area contributed by atoms with Crippen LogP contribution in [0.4, 0.5) is 0 Å². The van der Waals surface area contributed by atoms with Gasteiger partial charge in [0.2, 0.25) is 0 Å². The first-order chi connectivity index (χ1) is 7.11. The summed E-state index contributed by atoms with van der Waals surface area (Å²) in [5.74, 6) is 0.0437. The average Bonchev–Trinajstić information content (AvgIpc) is 2.22. The molecule has 1 aromatic carbocycles. The highest BCUT2D eigenvalue weighted by atomic mass is 35.5. The Morgan fingerprint density at radius 3 is 2.67 bits per heavy atom. The number of Topliss-reactive ketones (excluding diaryl/α,β-unsaturated/α-hetero) is 1. The van der Waals surface area contributed by atoms with Crippen molar-refractivity contribution in [2.45, 2.75) is 6.42 Å². The van der Waals surface area contributed by atoms with Crippen molar-refractivity contribution < 1.29 is 9.53 Å². The summed E-state index contributed by atoms with van der Waals surface area (Å²) >= 11 is 11.7. The number of nitrogens with zero attached hydrogens (tertiary/aromatic N) is 1. The van der Waals surface area contributed by atoms with Gasteiger partial charge in [0.15, 0.2) is 5.78 Å². The van der Waals surface area contributed by atoms with Gasteiger partial charge < -0.3 is 4.74 Å². The van der Waals surface area contributed by atoms with Gasteiger partial charge in [0, 0.05) is 5.56 Å². The van der Waals surface area contributed by atoms with Crippen LogP contribution < -0.4 is 4.74 Å². The van der Waals surface area contributed by atoms with Crippen LogP contribution in [0.5, 0.6) is 5.75 Å². The van der Waals surface area contributed by atoms with Crippen LogP contribution in [0, 0.1) is 11.3 Å². The Kier molecular flexibility index (Phi) is 3.96. The third kappa shape index (κ3) is 2.41. The molecular weight excluding hydrogens is 237 g/mol. The van der Waals surface area contributed by atoms with Crippen molar-refractivity contribution in [3.63, 3.8) is 0 Å². The monoisotopic (exact) mass is 243 g/mol. The predicted molar refractivity (Wildman–Crippen MR) is 57.6 cm³/mol. The molecule has 0 spiro atoms. The number of rotatable bonds is 3. The molecule has 0 N–H and O–H groups in total. The van der Waals surface area contributed by atoms with Crippen molar-refractivity contribution in [1.29, 1.82) is 5.26 Å². The van der Waals surface area contributed by atoms with Crippen molar-refractivity contribution in [2.75, 3.05) is 7.11 Å². The van der Waals surface area contributed by atoms with Gasteiger partial charge in [0.25, 0.3) is 0 Å². The Balaban J connectivity index is 3.18. The fourth-order valence-electron chi connectivity index (χ4n) is 1.07. The van der Waals surface area contributed by atoms with Gasteiger partial charge in [-0.3, -0.25) is 4.79 Å². The lowest BCUT2D eigenvalue weighted by atomic mass is 10.1. The van der Waals surface area contributed by atoms with Crippen LogP contribution in [0.2, 0.25) is 10.0 Å². The first-order valence-electron chi connectivity index (χ1n) is 4.04. The molecule has 3 nitrogen and oxygen atoms in total. The van der Waals surface area contributed by atoms with E-state index in [1.54, 1.807) is 12.1 Å². The molecule has 0 aliphatic rings. The Bertz CT molecular complexity index is 438. The van der Waals surface area contributed by atoms with Crippen LogP contribution in [-0.2, 0) is 0 Å². The van der Waals surface area contributed by atoms with E-state index >= 15 is 0 Å². The van der Waals surface area contributed by atoms with Gasteiger partial charge in [-0.05, 0) is 12.1 Å². The Labute approximate surface area is 97.2 Å². The summed E-state index contributed by atoms with van der Waals surface area (Å²) in [5, 5.41) is 8.69. The molecule has 0 aliphatic carbocycles. The van der Waals surface area contributed by atoms with Crippen LogP contribution in [0.15, 0.2) is 12.1 Å². The number of hydrogen-bond acceptors (Lipinski definition) is 3. The van der Waals surface area contributed by atoms with E-state index in [1.165, 1.54) is 13.2 Å². The van der Waals surface area contributed by atoms with Crippen LogP contribution in [0.3, 0.4) is 0 Å². The van der Waals surface area contributed by atoms with E-state index in [0.29, 0.717) is 5.75 Å². The molecule has 0 amide bonds. The van der Waals surface area contributed by atoms with Gasteiger partial charge in [0.1, 0.15) is 10.8 Å². The number of nitriles is 1. The second-order valence-electron chi connectivity index (χ2n) is 2.70. The highest BCUT2D eigenvalue weighted by Gasteiger charge is 2.15. The standard InChI is InChI=1S/C10H7Cl2NO2/c1-15-8-3-2-6(7(14)4-5-13)9(11)10(8)12/h2-3H,4H2,1H3. The summed E-state index contributed by atoms with van der Waals surface area (Å²) in [5.41, 5.74) is 0.240. The number of carbonyl (C=O) groups is 1. The molecule has 0 fully saturated rings. The molecule has 0 radical (unpaired) electrons. The first-order valence-corrected chi connectivity index (χ1v) is 4.79. The van der Waals surface area contributed by atoms with Gasteiger partial charge >= 0.3 is 0 Å². The molecule has 0 saturated heterocycles. The summed E-state index contributed by atoms with van der Waals surface area (Å²) in [6.07, 6.45) is -0.220. The Morgan fingerprint density at radius 2 is 2.13 bits per heavy atom. The highest BCUT2D eigenvalue weighted by Crippen LogP contribution is 2.34. The maximum Gasteiger partial charge on any atom is 0.178 e. The van der Waals surface area contributed by atoms with E-state index in [2.05, 4.69) is 0 Å². The molecule has 0 aliphatic heterocycles. The predicted octanol–water partition coefficient (Wildman–Crippen LogP) is 3.10. The highest BCUT2D eigenvalue weighted by molar-refractivity contribution is 6.44. The van der Waals surface area contributed by atoms with E-state index in [9.17, 15) is 4.79 Å². The second kappa shape index (κ2) is 5.01. The molecular formula is C10H7Cl2NO2. The summed E-state index contributed by atoms with van der Waals surface area (Å²) in [6.45, 7) is 0. The number of ketones is 1. The van der Waals surface area contributed by atoms with Crippen molar-refractivity contribution in [3.8, 4) is 11.8 Å². The minimum atomic E-state index is -0.355. The van der Waals surface area contributed by atoms with E-state index in [4.69, 9.17) is 33.2 Å². The third-order valence-corrected chi connectivity index (χ3v) is 2.67. The molecule has 0 unspecified atom stereocenters. The Hall–Kier alpha value is -1.24. The molecule has 0 bridgehead atoms.